The molecule has 0 radical (unpaired) electrons. The average molecular weight is 460 g/mol. The van der Waals surface area contributed by atoms with Crippen LogP contribution < -0.4 is 14.8 Å². The largest absolute Gasteiger partial charge is 0.490 e. The molecule has 1 saturated carbocycles. The fraction of sp³-hybridized carbons (Fsp3) is 0.571. The number of hydrogen-bond donors (Lipinski definition) is 1. The van der Waals surface area contributed by atoms with Crippen molar-refractivity contribution in [2.75, 3.05) is 19.7 Å². The maximum absolute atomic E-state index is 13.7. The van der Waals surface area contributed by atoms with Crippen molar-refractivity contribution in [3.8, 4) is 11.5 Å². The van der Waals surface area contributed by atoms with Crippen LogP contribution in [0.5, 0.6) is 11.5 Å². The molecule has 0 aromatic heterocycles. The Bertz CT molecular complexity index is 915. The normalized spacial score (nSPS) is 17.1. The summed E-state index contributed by atoms with van der Waals surface area (Å²) in [6, 6.07) is 10.3. The summed E-state index contributed by atoms with van der Waals surface area (Å²) >= 11 is 0. The van der Waals surface area contributed by atoms with E-state index >= 15 is 0 Å². The van der Waals surface area contributed by atoms with Crippen LogP contribution in [0.25, 0.3) is 0 Å². The summed E-state index contributed by atoms with van der Waals surface area (Å²) in [7, 11) is 0. The fourth-order valence-electron chi connectivity index (χ4n) is 3.59. The molecule has 182 valence electrons. The molecule has 1 heterocycles. The predicted octanol–water partition coefficient (Wildman–Crippen LogP) is 6.85. The van der Waals surface area contributed by atoms with Gasteiger partial charge in [-0.05, 0) is 72.4 Å². The van der Waals surface area contributed by atoms with Crippen LogP contribution in [-0.4, -0.2) is 25.8 Å². The van der Waals surface area contributed by atoms with Crippen LogP contribution in [0, 0.1) is 23.5 Å². The molecule has 1 aliphatic carbocycles. The van der Waals surface area contributed by atoms with Crippen molar-refractivity contribution in [3.63, 3.8) is 0 Å². The van der Waals surface area contributed by atoms with Crippen LogP contribution in [0.2, 0.25) is 0 Å². The molecule has 0 bridgehead atoms. The highest BCUT2D eigenvalue weighted by atomic mass is 19.1. The maximum Gasteiger partial charge on any atom is 0.165 e. The van der Waals surface area contributed by atoms with Gasteiger partial charge in [0.2, 0.25) is 0 Å². The molecule has 0 unspecified atom stereocenters. The molecule has 3 nitrogen and oxygen atoms in total. The van der Waals surface area contributed by atoms with Gasteiger partial charge in [0.05, 0.1) is 12.7 Å². The highest BCUT2D eigenvalue weighted by molar-refractivity contribution is 5.34. The minimum atomic E-state index is -0.267. The Labute approximate surface area is 197 Å². The Morgan fingerprint density at radius 1 is 0.939 bits per heavy atom. The standard InChI is InChI=1S/C15H21FO.C13H18FNO/c1-10(11-5-6-11)17-14-9-12(15(2,3)4)7-8-13(14)16;1-9(2)11-3-4-12(14)13(5-11)16-8-10-6-15-7-10/h7-11H,5-6H2,1-4H3;3-5,9-10,15H,6-8H2,1-2H3/t10-;/m1./s1. The first kappa shape index (κ1) is 25.5. The molecule has 1 saturated heterocycles. The van der Waals surface area contributed by atoms with Crippen molar-refractivity contribution in [3.05, 3.63) is 59.2 Å². The van der Waals surface area contributed by atoms with Gasteiger partial charge in [0.25, 0.3) is 0 Å². The van der Waals surface area contributed by atoms with Crippen LogP contribution in [0.15, 0.2) is 36.4 Å². The van der Waals surface area contributed by atoms with Crippen LogP contribution in [0.4, 0.5) is 8.78 Å². The zero-order valence-electron chi connectivity index (χ0n) is 20.9. The van der Waals surface area contributed by atoms with Gasteiger partial charge >= 0.3 is 0 Å². The van der Waals surface area contributed by atoms with E-state index in [9.17, 15) is 8.78 Å². The van der Waals surface area contributed by atoms with Gasteiger partial charge in [-0.2, -0.15) is 0 Å². The van der Waals surface area contributed by atoms with Crippen molar-refractivity contribution in [1.29, 1.82) is 0 Å². The molecule has 1 N–H and O–H groups in total. The molecule has 2 aromatic carbocycles. The van der Waals surface area contributed by atoms with E-state index in [0.717, 1.165) is 24.2 Å². The molecule has 2 aliphatic rings. The average Bonchev–Trinajstić information content (AvgIpc) is 3.54. The van der Waals surface area contributed by atoms with Crippen LogP contribution in [-0.2, 0) is 5.41 Å². The van der Waals surface area contributed by atoms with Crippen LogP contribution in [0.3, 0.4) is 0 Å². The summed E-state index contributed by atoms with van der Waals surface area (Å²) in [5.74, 6) is 1.81. The number of hydrogen-bond acceptors (Lipinski definition) is 3. The Morgan fingerprint density at radius 3 is 2.12 bits per heavy atom. The van der Waals surface area contributed by atoms with Gasteiger partial charge < -0.3 is 14.8 Å². The lowest BCUT2D eigenvalue weighted by Gasteiger charge is -2.27. The quantitative estimate of drug-likeness (QED) is 0.491. The Balaban J connectivity index is 0.000000186. The summed E-state index contributed by atoms with van der Waals surface area (Å²) in [6.45, 7) is 15.1. The number of ether oxygens (including phenoxy) is 2. The van der Waals surface area contributed by atoms with E-state index in [4.69, 9.17) is 9.47 Å². The van der Waals surface area contributed by atoms with E-state index < -0.39 is 0 Å². The second kappa shape index (κ2) is 10.9. The molecule has 0 spiro atoms. The second-order valence-electron chi connectivity index (χ2n) is 10.7. The topological polar surface area (TPSA) is 30.5 Å². The predicted molar refractivity (Wildman–Crippen MR) is 130 cm³/mol. The lowest BCUT2D eigenvalue weighted by Crippen LogP contribution is -2.45. The molecule has 2 fully saturated rings. The minimum Gasteiger partial charge on any atom is -0.490 e. The van der Waals surface area contributed by atoms with Crippen molar-refractivity contribution in [2.45, 2.75) is 71.8 Å². The molecule has 5 heteroatoms. The zero-order valence-corrected chi connectivity index (χ0v) is 20.9. The molecule has 2 aromatic rings. The van der Waals surface area contributed by atoms with Crippen LogP contribution >= 0.6 is 0 Å². The van der Waals surface area contributed by atoms with Gasteiger partial charge in [-0.1, -0.05) is 46.8 Å². The Kier molecular flexibility index (Phi) is 8.38. The number of rotatable bonds is 7. The summed E-state index contributed by atoms with van der Waals surface area (Å²) in [5, 5.41) is 3.17. The van der Waals surface area contributed by atoms with Gasteiger partial charge in [-0.15, -0.1) is 0 Å². The van der Waals surface area contributed by atoms with E-state index in [-0.39, 0.29) is 23.2 Å². The number of nitrogens with one attached hydrogen (secondary N) is 1. The van der Waals surface area contributed by atoms with Gasteiger partial charge in [0, 0.05) is 19.0 Å². The Hall–Kier alpha value is -2.14. The van der Waals surface area contributed by atoms with E-state index in [0.29, 0.717) is 35.9 Å². The Morgan fingerprint density at radius 2 is 1.58 bits per heavy atom. The summed E-state index contributed by atoms with van der Waals surface area (Å²) in [5.41, 5.74) is 2.24. The first-order chi connectivity index (χ1) is 15.5. The van der Waals surface area contributed by atoms with E-state index in [1.807, 2.05) is 31.2 Å². The third-order valence-corrected chi connectivity index (χ3v) is 6.36. The zero-order chi connectivity index (χ0) is 24.2. The molecule has 0 amide bonds. The molecular weight excluding hydrogens is 420 g/mol. The van der Waals surface area contributed by atoms with Gasteiger partial charge in [0.1, 0.15) is 0 Å². The van der Waals surface area contributed by atoms with E-state index in [2.05, 4.69) is 39.9 Å². The van der Waals surface area contributed by atoms with Crippen molar-refractivity contribution >= 4 is 0 Å². The first-order valence-electron chi connectivity index (χ1n) is 12.1. The number of benzene rings is 2. The lowest BCUT2D eigenvalue weighted by atomic mass is 9.87. The maximum atomic E-state index is 13.7. The van der Waals surface area contributed by atoms with Crippen molar-refractivity contribution < 1.29 is 18.3 Å². The molecule has 1 aliphatic heterocycles. The number of halogens is 2. The van der Waals surface area contributed by atoms with Gasteiger partial charge in [-0.25, -0.2) is 8.78 Å². The smallest absolute Gasteiger partial charge is 0.165 e. The highest BCUT2D eigenvalue weighted by Gasteiger charge is 2.30. The molecular formula is C28H39F2NO2. The second-order valence-corrected chi connectivity index (χ2v) is 10.7. The third kappa shape index (κ3) is 7.43. The summed E-state index contributed by atoms with van der Waals surface area (Å²) < 4.78 is 38.4. The van der Waals surface area contributed by atoms with Crippen LogP contribution in [0.1, 0.15) is 71.4 Å². The fourth-order valence-corrected chi connectivity index (χ4v) is 3.59. The molecule has 33 heavy (non-hydrogen) atoms. The summed E-state index contributed by atoms with van der Waals surface area (Å²) in [6.07, 6.45) is 2.54. The SMILES string of the molecule is CC(C)c1ccc(F)c(OCC2CNC2)c1.C[C@@H](Oc1cc(C(C)(C)C)ccc1F)C1CC1. The van der Waals surface area contributed by atoms with Crippen molar-refractivity contribution in [1.82, 2.24) is 5.32 Å². The highest BCUT2D eigenvalue weighted by Crippen LogP contribution is 2.36. The van der Waals surface area contributed by atoms with E-state index in [1.54, 1.807) is 0 Å². The first-order valence-corrected chi connectivity index (χ1v) is 12.1. The lowest BCUT2D eigenvalue weighted by molar-refractivity contribution is 0.189. The van der Waals surface area contributed by atoms with Crippen molar-refractivity contribution in [2.24, 2.45) is 11.8 Å². The molecule has 4 rings (SSSR count). The van der Waals surface area contributed by atoms with Gasteiger partial charge in [-0.3, -0.25) is 0 Å². The third-order valence-electron chi connectivity index (χ3n) is 6.36. The van der Waals surface area contributed by atoms with E-state index in [1.165, 1.54) is 25.0 Å². The minimum absolute atomic E-state index is 0.0224. The van der Waals surface area contributed by atoms with Gasteiger partial charge in [0.15, 0.2) is 23.1 Å². The monoisotopic (exact) mass is 459 g/mol. The summed E-state index contributed by atoms with van der Waals surface area (Å²) in [4.78, 5) is 0. The molecule has 1 atom stereocenters.